The molecule has 49 heavy (non-hydrogen) atoms. The Hall–Kier alpha value is -5.24. The van der Waals surface area contributed by atoms with Crippen LogP contribution < -0.4 is 10.6 Å². The third kappa shape index (κ3) is 5.79. The number of nitrogens with one attached hydrogen (secondary N) is 2. The molecule has 8 heteroatoms. The summed E-state index contributed by atoms with van der Waals surface area (Å²) in [6.45, 7) is 0. The van der Waals surface area contributed by atoms with Gasteiger partial charge in [0.25, 0.3) is 0 Å². The number of aliphatic carboxylic acids is 2. The van der Waals surface area contributed by atoms with Crippen LogP contribution in [0.5, 0.6) is 0 Å². The summed E-state index contributed by atoms with van der Waals surface area (Å²) in [6, 6.07) is 32.3. The Bertz CT molecular complexity index is 1760. The molecule has 2 saturated carbocycles. The van der Waals surface area contributed by atoms with Crippen molar-refractivity contribution in [2.75, 3.05) is 10.6 Å². The van der Waals surface area contributed by atoms with Crippen molar-refractivity contribution in [3.05, 3.63) is 119 Å². The van der Waals surface area contributed by atoms with Crippen LogP contribution in [0.3, 0.4) is 0 Å². The second-order valence-corrected chi connectivity index (χ2v) is 13.6. The first kappa shape index (κ1) is 32.3. The molecule has 0 radical (unpaired) electrons. The molecule has 2 amide bonds. The monoisotopic (exact) mass is 656 g/mol. The fourth-order valence-corrected chi connectivity index (χ4v) is 8.58. The normalized spacial score (nSPS) is 22.3. The van der Waals surface area contributed by atoms with Crippen LogP contribution >= 0.6 is 0 Å². The zero-order valence-corrected chi connectivity index (χ0v) is 27.2. The number of carboxylic acids is 2. The fraction of sp³-hybridized carbons (Fsp3) is 0.317. The molecule has 4 aromatic carbocycles. The van der Waals surface area contributed by atoms with Crippen molar-refractivity contribution < 1.29 is 29.4 Å². The van der Waals surface area contributed by atoms with Crippen molar-refractivity contribution >= 4 is 35.1 Å². The van der Waals surface area contributed by atoms with E-state index in [9.17, 15) is 29.4 Å². The molecule has 0 spiro atoms. The number of hydrogen-bond donors (Lipinski definition) is 4. The molecule has 0 heterocycles. The summed E-state index contributed by atoms with van der Waals surface area (Å²) < 4.78 is 0. The van der Waals surface area contributed by atoms with E-state index in [1.165, 1.54) is 0 Å². The van der Waals surface area contributed by atoms with E-state index in [0.29, 0.717) is 37.1 Å². The summed E-state index contributed by atoms with van der Waals surface area (Å²) in [5.41, 5.74) is 6.99. The van der Waals surface area contributed by atoms with Crippen LogP contribution in [0.4, 0.5) is 11.4 Å². The number of amides is 2. The minimum atomic E-state index is -0.917. The highest BCUT2D eigenvalue weighted by atomic mass is 16.4. The molecule has 4 atom stereocenters. The van der Waals surface area contributed by atoms with Gasteiger partial charge in [-0.1, -0.05) is 98.5 Å². The minimum absolute atomic E-state index is 0.258. The molecule has 0 saturated heterocycles. The van der Waals surface area contributed by atoms with Gasteiger partial charge in [0.1, 0.15) is 0 Å². The number of hydrogen-bond acceptors (Lipinski definition) is 4. The van der Waals surface area contributed by atoms with Crippen LogP contribution in [-0.2, 0) is 24.6 Å². The maximum absolute atomic E-state index is 13.3. The summed E-state index contributed by atoms with van der Waals surface area (Å²) in [6.07, 6.45) is 5.48. The third-order valence-electron chi connectivity index (χ3n) is 11.0. The highest BCUT2D eigenvalue weighted by molar-refractivity contribution is 5.96. The maximum Gasteiger partial charge on any atom is 0.307 e. The van der Waals surface area contributed by atoms with Gasteiger partial charge in [0.05, 0.1) is 29.1 Å². The molecule has 3 aliphatic carbocycles. The zero-order chi connectivity index (χ0) is 34.1. The fourth-order valence-electron chi connectivity index (χ4n) is 8.58. The van der Waals surface area contributed by atoms with Crippen LogP contribution in [0.15, 0.2) is 97.1 Å². The van der Waals surface area contributed by atoms with Crippen molar-refractivity contribution in [2.24, 2.45) is 23.7 Å². The summed E-state index contributed by atoms with van der Waals surface area (Å²) in [7, 11) is 0. The Morgan fingerprint density at radius 3 is 1.20 bits per heavy atom. The number of carbonyl (C=O) groups excluding carboxylic acids is 2. The van der Waals surface area contributed by atoms with Crippen molar-refractivity contribution in [1.29, 1.82) is 0 Å². The van der Waals surface area contributed by atoms with E-state index in [-0.39, 0.29) is 11.8 Å². The van der Waals surface area contributed by atoms with Crippen molar-refractivity contribution in [1.82, 2.24) is 0 Å². The Labute approximate surface area is 285 Å². The predicted molar refractivity (Wildman–Crippen MR) is 187 cm³/mol. The van der Waals surface area contributed by atoms with Gasteiger partial charge in [-0.3, -0.25) is 19.2 Å². The number of rotatable bonds is 8. The number of fused-ring (bicyclic) bond motifs is 3. The number of carbonyl (C=O) groups is 4. The molecule has 0 bridgehead atoms. The van der Waals surface area contributed by atoms with E-state index in [1.54, 1.807) is 0 Å². The van der Waals surface area contributed by atoms with E-state index in [2.05, 4.69) is 34.9 Å². The Balaban J connectivity index is 1.23. The van der Waals surface area contributed by atoms with Gasteiger partial charge < -0.3 is 20.8 Å². The molecule has 3 aliphatic rings. The van der Waals surface area contributed by atoms with E-state index < -0.39 is 41.0 Å². The third-order valence-corrected chi connectivity index (χ3v) is 11.0. The summed E-state index contributed by atoms with van der Waals surface area (Å²) in [5, 5.41) is 25.4. The van der Waals surface area contributed by atoms with Crippen molar-refractivity contribution in [3.63, 3.8) is 0 Å². The average molecular weight is 657 g/mol. The molecular weight excluding hydrogens is 616 g/mol. The smallest absolute Gasteiger partial charge is 0.307 e. The van der Waals surface area contributed by atoms with E-state index in [4.69, 9.17) is 0 Å². The van der Waals surface area contributed by atoms with Crippen molar-refractivity contribution in [3.8, 4) is 11.1 Å². The molecule has 4 aromatic rings. The molecule has 2 fully saturated rings. The zero-order valence-electron chi connectivity index (χ0n) is 27.2. The van der Waals surface area contributed by atoms with Gasteiger partial charge in [0.15, 0.2) is 0 Å². The first-order valence-electron chi connectivity index (χ1n) is 17.3. The van der Waals surface area contributed by atoms with E-state index in [0.717, 1.165) is 59.1 Å². The van der Waals surface area contributed by atoms with Crippen molar-refractivity contribution in [2.45, 2.75) is 56.8 Å². The minimum Gasteiger partial charge on any atom is -0.481 e. The van der Waals surface area contributed by atoms with Gasteiger partial charge in [0.2, 0.25) is 11.8 Å². The summed E-state index contributed by atoms with van der Waals surface area (Å²) in [5.74, 6) is -4.80. The molecule has 0 aliphatic heterocycles. The second kappa shape index (κ2) is 13.3. The lowest BCUT2D eigenvalue weighted by Crippen LogP contribution is -2.36. The maximum atomic E-state index is 13.3. The topological polar surface area (TPSA) is 133 Å². The van der Waals surface area contributed by atoms with Gasteiger partial charge in [-0.2, -0.15) is 0 Å². The summed E-state index contributed by atoms with van der Waals surface area (Å²) in [4.78, 5) is 50.2. The molecular formula is C41H40N2O6. The lowest BCUT2D eigenvalue weighted by atomic mass is 9.67. The lowest BCUT2D eigenvalue weighted by molar-refractivity contribution is -0.148. The first-order chi connectivity index (χ1) is 23.8. The SMILES string of the molecule is O=C(O)[C@H]1CCCC[C@H]1C(=O)Nc1ccc(C2(c3ccc(NC(=O)[C@@H]4CCCC[C@@H]4C(=O)O)cc3)c3ccccc3-c3ccccc32)cc1. The van der Waals surface area contributed by atoms with Crippen LogP contribution in [0.2, 0.25) is 0 Å². The van der Waals surface area contributed by atoms with Crippen LogP contribution in [0.25, 0.3) is 11.1 Å². The highest BCUT2D eigenvalue weighted by Gasteiger charge is 2.46. The Morgan fingerprint density at radius 2 is 0.837 bits per heavy atom. The van der Waals surface area contributed by atoms with Gasteiger partial charge in [0, 0.05) is 11.4 Å². The van der Waals surface area contributed by atoms with Gasteiger partial charge in [-0.25, -0.2) is 0 Å². The van der Waals surface area contributed by atoms with Crippen LogP contribution in [0.1, 0.15) is 73.6 Å². The van der Waals surface area contributed by atoms with E-state index >= 15 is 0 Å². The Morgan fingerprint density at radius 1 is 0.490 bits per heavy atom. The largest absolute Gasteiger partial charge is 0.481 e. The van der Waals surface area contributed by atoms with Gasteiger partial charge in [-0.05, 0) is 83.3 Å². The first-order valence-corrected chi connectivity index (χ1v) is 17.3. The average Bonchev–Trinajstić information content (AvgIpc) is 3.43. The standard InChI is InChI=1S/C41H40N2O6/c44-37(31-11-1-3-13-33(31)39(46)47)42-27-21-17-25(18-22-27)41(35-15-7-5-9-29(35)30-10-6-8-16-36(30)41)26-19-23-28(24-20-26)43-38(45)32-12-2-4-14-34(32)40(48)49/h5-10,15-24,31-34H,1-4,11-14H2,(H,42,44)(H,43,45)(H,46,47)(H,48,49)/t31-,32-,33+,34+/m1/s1. The number of carboxylic acid groups (broad SMARTS) is 2. The molecule has 0 unspecified atom stereocenters. The van der Waals surface area contributed by atoms with Gasteiger partial charge in [-0.15, -0.1) is 0 Å². The second-order valence-electron chi connectivity index (χ2n) is 13.6. The molecule has 250 valence electrons. The predicted octanol–water partition coefficient (Wildman–Crippen LogP) is 7.71. The van der Waals surface area contributed by atoms with E-state index in [1.807, 2.05) is 72.8 Å². The molecule has 4 N–H and O–H groups in total. The number of anilines is 2. The lowest BCUT2D eigenvalue weighted by Gasteiger charge is -2.34. The van der Waals surface area contributed by atoms with Gasteiger partial charge >= 0.3 is 11.9 Å². The molecule has 7 rings (SSSR count). The molecule has 0 aromatic heterocycles. The quantitative estimate of drug-likeness (QED) is 0.135. The highest BCUT2D eigenvalue weighted by Crippen LogP contribution is 2.56. The summed E-state index contributed by atoms with van der Waals surface area (Å²) >= 11 is 0. The number of benzene rings is 4. The van der Waals surface area contributed by atoms with Crippen LogP contribution in [0, 0.1) is 23.7 Å². The Kier molecular flexibility index (Phi) is 8.80. The molecule has 8 nitrogen and oxygen atoms in total. The van der Waals surface area contributed by atoms with Crippen LogP contribution in [-0.4, -0.2) is 34.0 Å².